The monoisotopic (exact) mass is 560 g/mol. The fraction of sp³-hybridized carbons (Fsp3) is 0.684. The van der Waals surface area contributed by atoms with Crippen molar-refractivity contribution in [3.63, 3.8) is 0 Å². The Balaban J connectivity index is 5.50. The van der Waals surface area contributed by atoms with Gasteiger partial charge in [0.2, 0.25) is 23.6 Å². The number of nitrogens with two attached hydrogens (primary N) is 3. The van der Waals surface area contributed by atoms with Gasteiger partial charge in [0.1, 0.15) is 18.1 Å². The fourth-order valence-corrected chi connectivity index (χ4v) is 3.15. The lowest BCUT2D eigenvalue weighted by Gasteiger charge is -2.24. The van der Waals surface area contributed by atoms with Crippen LogP contribution in [0.15, 0.2) is 10.2 Å². The minimum atomic E-state index is -1.31. The van der Waals surface area contributed by atoms with Gasteiger partial charge in [0, 0.05) is 12.3 Å². The number of unbranched alkanes of at least 4 members (excludes halogenated alkanes) is 1. The topological polar surface area (TPSA) is 305 Å². The summed E-state index contributed by atoms with van der Waals surface area (Å²) < 4.78 is 0. The second-order valence-corrected chi connectivity index (χ2v) is 8.15. The molecule has 3 atom stereocenters. The molecule has 0 aromatic rings. The minimum Gasteiger partial charge on any atom is -0.480 e. The summed E-state index contributed by atoms with van der Waals surface area (Å²) in [6, 6.07) is -3.58. The highest BCUT2D eigenvalue weighted by Gasteiger charge is 2.29. The Morgan fingerprint density at radius 1 is 0.921 bits per heavy atom. The van der Waals surface area contributed by atoms with Crippen molar-refractivity contribution >= 4 is 48.2 Å². The molecule has 0 aliphatic carbocycles. The largest absolute Gasteiger partial charge is 0.480 e. The van der Waals surface area contributed by atoms with E-state index >= 15 is 0 Å². The van der Waals surface area contributed by atoms with Crippen LogP contribution in [0.5, 0.6) is 0 Å². The van der Waals surface area contributed by atoms with Gasteiger partial charge in [-0.2, -0.15) is 17.5 Å². The van der Waals surface area contributed by atoms with Gasteiger partial charge in [-0.15, -0.1) is 5.53 Å². The molecule has 0 rings (SSSR count). The molecule has 0 unspecified atom stereocenters. The fourth-order valence-electron chi connectivity index (χ4n) is 2.90. The maximum Gasteiger partial charge on any atom is 0.327 e. The summed E-state index contributed by atoms with van der Waals surface area (Å²) in [5.41, 5.74) is 26.5. The van der Waals surface area contributed by atoms with Crippen molar-refractivity contribution in [1.82, 2.24) is 26.7 Å². The summed E-state index contributed by atoms with van der Waals surface area (Å²) in [6.07, 6.45) is 1.34. The van der Waals surface area contributed by atoms with Crippen LogP contribution in [0.3, 0.4) is 0 Å². The number of aliphatic carboxylic acids is 1. The molecule has 0 aliphatic heterocycles. The van der Waals surface area contributed by atoms with E-state index in [1.807, 2.05) is 0 Å². The molecule has 0 spiro atoms. The molecule has 0 bridgehead atoms. The summed E-state index contributed by atoms with van der Waals surface area (Å²) in [7, 11) is 0. The van der Waals surface area contributed by atoms with E-state index in [0.29, 0.717) is 19.4 Å². The highest BCUT2D eigenvalue weighted by molar-refractivity contribution is 7.80. The third kappa shape index (κ3) is 15.9. The van der Waals surface area contributed by atoms with Crippen molar-refractivity contribution < 1.29 is 29.1 Å². The molecule has 0 radical (unpaired) electrons. The number of carbonyl (C=O) groups is 5. The van der Waals surface area contributed by atoms with E-state index in [1.165, 1.54) is 0 Å². The van der Waals surface area contributed by atoms with E-state index in [4.69, 9.17) is 22.7 Å². The predicted molar refractivity (Wildman–Crippen MR) is 140 cm³/mol. The highest BCUT2D eigenvalue weighted by Crippen LogP contribution is 2.05. The number of azide groups is 1. The molecule has 0 aromatic heterocycles. The van der Waals surface area contributed by atoms with E-state index < -0.39 is 54.3 Å². The summed E-state index contributed by atoms with van der Waals surface area (Å²) in [5.74, 6) is -4.38. The van der Waals surface area contributed by atoms with Gasteiger partial charge in [-0.05, 0) is 37.3 Å². The van der Waals surface area contributed by atoms with Crippen molar-refractivity contribution in [2.24, 2.45) is 27.4 Å². The van der Waals surface area contributed by atoms with E-state index in [2.05, 4.69) is 54.4 Å². The molecule has 0 heterocycles. The van der Waals surface area contributed by atoms with Gasteiger partial charge in [0.25, 0.3) is 0 Å². The van der Waals surface area contributed by atoms with Gasteiger partial charge in [-0.25, -0.2) is 4.79 Å². The zero-order valence-corrected chi connectivity index (χ0v) is 21.7. The first-order chi connectivity index (χ1) is 18.0. The quantitative estimate of drug-likeness (QED) is 0.0103. The number of hydrogen-bond donors (Lipinski definition) is 10. The zero-order chi connectivity index (χ0) is 28.9. The van der Waals surface area contributed by atoms with Crippen LogP contribution in [-0.2, 0) is 24.0 Å². The van der Waals surface area contributed by atoms with Crippen LogP contribution in [0.2, 0.25) is 0 Å². The number of hydrogen-bond acceptors (Lipinski definition) is 9. The van der Waals surface area contributed by atoms with Crippen molar-refractivity contribution in [1.29, 1.82) is 0 Å². The van der Waals surface area contributed by atoms with Crippen LogP contribution in [-0.4, -0.2) is 90.7 Å². The lowest BCUT2D eigenvalue weighted by Crippen LogP contribution is -2.56. The van der Waals surface area contributed by atoms with Crippen molar-refractivity contribution in [3.8, 4) is 0 Å². The van der Waals surface area contributed by atoms with Crippen LogP contribution in [0.1, 0.15) is 32.1 Å². The third-order valence-corrected chi connectivity index (χ3v) is 5.17. The lowest BCUT2D eigenvalue weighted by molar-refractivity contribution is -0.141. The molecule has 38 heavy (non-hydrogen) atoms. The number of thiol groups is 1. The number of carboxylic acid groups (broad SMARTS) is 1. The predicted octanol–water partition coefficient (Wildman–Crippen LogP) is -3.43. The summed E-state index contributed by atoms with van der Waals surface area (Å²) in [5, 5.41) is 22.0. The number of rotatable bonds is 20. The second kappa shape index (κ2) is 20.1. The van der Waals surface area contributed by atoms with Gasteiger partial charge in [0.15, 0.2) is 5.96 Å². The first kappa shape index (κ1) is 34.0. The van der Waals surface area contributed by atoms with Gasteiger partial charge < -0.3 is 43.6 Å². The average molecular weight is 561 g/mol. The van der Waals surface area contributed by atoms with E-state index in [-0.39, 0.29) is 44.1 Å². The Bertz CT molecular complexity index is 878. The lowest BCUT2D eigenvalue weighted by atomic mass is 10.1. The van der Waals surface area contributed by atoms with Crippen molar-refractivity contribution in [2.75, 3.05) is 31.9 Å². The molecule has 19 heteroatoms. The summed E-state index contributed by atoms with van der Waals surface area (Å²) >= 11 is 3.91. The van der Waals surface area contributed by atoms with Gasteiger partial charge >= 0.3 is 5.97 Å². The molecule has 0 aromatic carbocycles. The van der Waals surface area contributed by atoms with E-state index in [1.54, 1.807) is 0 Å². The first-order valence-corrected chi connectivity index (χ1v) is 12.2. The van der Waals surface area contributed by atoms with Crippen LogP contribution < -0.4 is 43.9 Å². The second-order valence-electron chi connectivity index (χ2n) is 7.79. The molecule has 0 fully saturated rings. The average Bonchev–Trinajstić information content (AvgIpc) is 2.87. The number of nitrogens with zero attached hydrogens (tertiary/aromatic N) is 4. The minimum absolute atomic E-state index is 0.0522. The van der Waals surface area contributed by atoms with Crippen LogP contribution >= 0.6 is 12.6 Å². The maximum absolute atomic E-state index is 13.1. The number of nitrogens with one attached hydrogen (secondary N) is 5. The molecule has 4 amide bonds. The number of aliphatic imine (C=N–C) groups is 1. The Morgan fingerprint density at radius 2 is 1.53 bits per heavy atom. The molecular formula is C19H36N12O6S. The zero-order valence-electron chi connectivity index (χ0n) is 20.8. The van der Waals surface area contributed by atoms with Crippen molar-refractivity contribution in [2.45, 2.75) is 50.2 Å². The van der Waals surface area contributed by atoms with Gasteiger partial charge in [0.05, 0.1) is 19.6 Å². The molecule has 18 nitrogen and oxygen atoms in total. The number of amides is 4. The molecule has 0 saturated carbocycles. The molecule has 12 N–H and O–H groups in total. The Kier molecular flexibility index (Phi) is 18.0. The molecule has 0 saturated heterocycles. The normalized spacial score (nSPS) is 12.5. The molecule has 214 valence electrons. The maximum atomic E-state index is 13.1. The molecule has 0 aliphatic rings. The van der Waals surface area contributed by atoms with Crippen molar-refractivity contribution in [3.05, 3.63) is 10.4 Å². The number of carboxylic acids is 1. The van der Waals surface area contributed by atoms with Crippen LogP contribution in [0.4, 0.5) is 0 Å². The van der Waals surface area contributed by atoms with Crippen LogP contribution in [0.25, 0.3) is 10.4 Å². The Hall–Kier alpha value is -3.96. The summed E-state index contributed by atoms with van der Waals surface area (Å²) in [4.78, 5) is 67.2. The highest BCUT2D eigenvalue weighted by atomic mass is 32.1. The number of carbonyl (C=O) groups excluding carboxylic acids is 4. The van der Waals surface area contributed by atoms with E-state index in [9.17, 15) is 29.1 Å². The third-order valence-electron chi connectivity index (χ3n) is 4.81. The van der Waals surface area contributed by atoms with Crippen LogP contribution in [0, 0.1) is 0 Å². The van der Waals surface area contributed by atoms with E-state index in [0.717, 1.165) is 0 Å². The smallest absolute Gasteiger partial charge is 0.327 e. The van der Waals surface area contributed by atoms with Gasteiger partial charge in [-0.1, -0.05) is 0 Å². The first-order valence-electron chi connectivity index (χ1n) is 11.6. The summed E-state index contributed by atoms with van der Waals surface area (Å²) in [6.45, 7) is -0.288. The Morgan fingerprint density at radius 3 is 2.08 bits per heavy atom. The van der Waals surface area contributed by atoms with Gasteiger partial charge in [-0.3, -0.25) is 29.6 Å². The molecular weight excluding hydrogens is 524 g/mol. The SMILES string of the molecule is [N-]=[N+]=NNCCCC[C@H](NC(=O)CNC(=O)CN)C(=O)N[C@@H](CCCN=C(N)N)C(=O)N[C@@H](CS)C(=O)O. The number of guanidine groups is 1. The standard InChI is InChI=1S/C19H36N12O6S/c20-8-14(32)25-9-15(33)27-11(4-1-2-7-26-31-30-23)16(34)28-12(5-3-6-24-19(21)22)17(35)29-13(10-38)18(36)37/h11-13,26,38H,1-10,20H2,(H,25,32)(H,27,33)(H,28,34)(H,29,35)(H,36,37)(H4,21,22,24)/t11-,12-,13-/m0/s1. The Labute approximate surface area is 224 Å².